The Labute approximate surface area is 295 Å². The summed E-state index contributed by atoms with van der Waals surface area (Å²) in [7, 11) is 1.47. The van der Waals surface area contributed by atoms with Crippen molar-refractivity contribution in [1.82, 2.24) is 4.90 Å². The Morgan fingerprint density at radius 1 is 0.431 bits per heavy atom. The van der Waals surface area contributed by atoms with Gasteiger partial charge in [0.05, 0.1) is 33.4 Å². The number of hydrogen-bond acceptors (Lipinski definition) is 4. The largest absolute Gasteiger partial charge is 0.277 e. The molecule has 0 saturated carbocycles. The monoisotopic (exact) mass is 664 g/mol. The summed E-state index contributed by atoms with van der Waals surface area (Å²) in [6, 6.07) is 40.5. The number of carbonyl (C=O) groups excluding carboxylic acids is 4. The van der Waals surface area contributed by atoms with Crippen molar-refractivity contribution >= 4 is 29.3 Å². The summed E-state index contributed by atoms with van der Waals surface area (Å²) in [5, 5.41) is 0. The Bertz CT molecular complexity index is 2500. The smallest absolute Gasteiger partial charge is 0.266 e. The van der Waals surface area contributed by atoms with E-state index in [2.05, 4.69) is 79.7 Å². The van der Waals surface area contributed by atoms with Gasteiger partial charge in [0.2, 0.25) is 0 Å². The zero-order valence-corrected chi connectivity index (χ0v) is 28.6. The second-order valence-corrected chi connectivity index (χ2v) is 13.8. The van der Waals surface area contributed by atoms with Crippen LogP contribution < -0.4 is 4.90 Å². The highest BCUT2D eigenvalue weighted by molar-refractivity contribution is 6.35. The van der Waals surface area contributed by atoms with Crippen LogP contribution in [0, 0.1) is 20.8 Å². The highest BCUT2D eigenvalue weighted by Crippen LogP contribution is 2.56. The number of fused-ring (bicyclic) bond motifs is 5. The Kier molecular flexibility index (Phi) is 6.49. The normalized spacial score (nSPS) is 15.3. The molecule has 0 bridgehead atoms. The summed E-state index contributed by atoms with van der Waals surface area (Å²) in [6.45, 7) is 5.85. The SMILES string of the molecule is Cc1ccc(C2(c3ccc(N4C(=O)c5cc(C)c(-c6cc7c(cc6C)C(=O)N(C)C7=O)cc5C4=O)cc3)c3ccccc3-c3ccccc32)cc1. The Morgan fingerprint density at radius 3 is 1.35 bits per heavy atom. The van der Waals surface area contributed by atoms with E-state index in [4.69, 9.17) is 0 Å². The van der Waals surface area contributed by atoms with Crippen LogP contribution in [0.3, 0.4) is 0 Å². The van der Waals surface area contributed by atoms with Crippen molar-refractivity contribution in [3.63, 3.8) is 0 Å². The molecule has 0 spiro atoms. The fourth-order valence-electron chi connectivity index (χ4n) is 8.41. The fraction of sp³-hybridized carbons (Fsp3) is 0.111. The maximum atomic E-state index is 14.1. The number of amides is 4. The molecule has 0 unspecified atom stereocenters. The Hall–Kier alpha value is -6.40. The van der Waals surface area contributed by atoms with Crippen LogP contribution in [-0.4, -0.2) is 35.6 Å². The van der Waals surface area contributed by atoms with Gasteiger partial charge in [-0.05, 0) is 113 Å². The summed E-state index contributed by atoms with van der Waals surface area (Å²) in [4.78, 5) is 55.8. The standard InChI is InChI=1S/C45H32N2O4/c1-25-13-15-28(16-14-25)45(39-11-7-5-9-31(39)32-10-6-8-12-40(32)45)29-17-19-30(20-18-29)47-43(50)36-22-27(3)34(24-38(36)44(47)51)33-23-37-35(21-26(33)2)41(48)46(4)42(37)49/h5-24H,1-4H3. The second kappa shape index (κ2) is 10.8. The third-order valence-electron chi connectivity index (χ3n) is 11.0. The quantitative estimate of drug-likeness (QED) is 0.177. The first-order chi connectivity index (χ1) is 24.6. The van der Waals surface area contributed by atoms with Crippen LogP contribution >= 0.6 is 0 Å². The van der Waals surface area contributed by atoms with Gasteiger partial charge in [-0.25, -0.2) is 4.90 Å². The first-order valence-corrected chi connectivity index (χ1v) is 17.0. The van der Waals surface area contributed by atoms with Gasteiger partial charge in [-0.2, -0.15) is 0 Å². The van der Waals surface area contributed by atoms with E-state index >= 15 is 0 Å². The number of carbonyl (C=O) groups is 4. The first-order valence-electron chi connectivity index (χ1n) is 17.0. The number of anilines is 1. The topological polar surface area (TPSA) is 74.8 Å². The minimum absolute atomic E-state index is 0.305. The number of rotatable bonds is 4. The number of aryl methyl sites for hydroxylation is 3. The van der Waals surface area contributed by atoms with E-state index in [1.54, 1.807) is 24.3 Å². The van der Waals surface area contributed by atoms with E-state index in [0.29, 0.717) is 27.9 Å². The molecule has 1 aliphatic carbocycles. The lowest BCUT2D eigenvalue weighted by molar-refractivity contribution is 0.0692. The number of nitrogens with zero attached hydrogens (tertiary/aromatic N) is 2. The Balaban J connectivity index is 1.13. The van der Waals surface area contributed by atoms with Gasteiger partial charge in [0, 0.05) is 7.05 Å². The van der Waals surface area contributed by atoms with Crippen molar-refractivity contribution in [2.75, 3.05) is 11.9 Å². The number of hydrogen-bond donors (Lipinski definition) is 0. The van der Waals surface area contributed by atoms with Crippen LogP contribution in [-0.2, 0) is 5.41 Å². The van der Waals surface area contributed by atoms with Crippen LogP contribution in [0.5, 0.6) is 0 Å². The highest BCUT2D eigenvalue weighted by atomic mass is 16.2. The van der Waals surface area contributed by atoms with E-state index in [9.17, 15) is 19.2 Å². The van der Waals surface area contributed by atoms with Gasteiger partial charge in [0.15, 0.2) is 0 Å². The predicted molar refractivity (Wildman–Crippen MR) is 197 cm³/mol. The van der Waals surface area contributed by atoms with E-state index in [1.807, 2.05) is 38.1 Å². The number of imide groups is 2. The van der Waals surface area contributed by atoms with Crippen LogP contribution in [0.1, 0.15) is 80.4 Å². The molecule has 3 aliphatic rings. The second-order valence-electron chi connectivity index (χ2n) is 13.8. The van der Waals surface area contributed by atoms with Gasteiger partial charge >= 0.3 is 0 Å². The van der Waals surface area contributed by atoms with Gasteiger partial charge in [0.1, 0.15) is 0 Å². The minimum atomic E-state index is -0.595. The molecular formula is C45H32N2O4. The van der Waals surface area contributed by atoms with Gasteiger partial charge in [-0.3, -0.25) is 24.1 Å². The number of benzene rings is 6. The molecule has 0 N–H and O–H groups in total. The summed E-state index contributed by atoms with van der Waals surface area (Å²) in [6.07, 6.45) is 0. The van der Waals surface area contributed by atoms with Gasteiger partial charge < -0.3 is 0 Å². The van der Waals surface area contributed by atoms with Crippen molar-refractivity contribution in [3.05, 3.63) is 183 Å². The summed E-state index contributed by atoms with van der Waals surface area (Å²) in [5.41, 5.74) is 12.4. The van der Waals surface area contributed by atoms with E-state index < -0.39 is 11.3 Å². The lowest BCUT2D eigenvalue weighted by atomic mass is 9.67. The van der Waals surface area contributed by atoms with Crippen LogP contribution in [0.2, 0.25) is 0 Å². The molecule has 0 fully saturated rings. The maximum Gasteiger partial charge on any atom is 0.266 e. The Morgan fingerprint density at radius 2 is 0.843 bits per heavy atom. The fourth-order valence-corrected chi connectivity index (χ4v) is 8.41. The highest BCUT2D eigenvalue weighted by Gasteiger charge is 2.46. The molecule has 6 aromatic rings. The van der Waals surface area contributed by atoms with Crippen molar-refractivity contribution in [3.8, 4) is 22.3 Å². The van der Waals surface area contributed by atoms with Gasteiger partial charge in [0.25, 0.3) is 23.6 Å². The van der Waals surface area contributed by atoms with Crippen molar-refractivity contribution in [2.45, 2.75) is 26.2 Å². The molecule has 6 nitrogen and oxygen atoms in total. The van der Waals surface area contributed by atoms with Crippen molar-refractivity contribution in [1.29, 1.82) is 0 Å². The zero-order valence-electron chi connectivity index (χ0n) is 28.6. The van der Waals surface area contributed by atoms with Crippen molar-refractivity contribution in [2.24, 2.45) is 0 Å². The molecule has 0 aromatic heterocycles. The van der Waals surface area contributed by atoms with E-state index in [0.717, 1.165) is 38.3 Å². The molecule has 246 valence electrons. The zero-order chi connectivity index (χ0) is 35.3. The maximum absolute atomic E-state index is 14.1. The molecule has 6 heteroatoms. The first kappa shape index (κ1) is 30.6. The molecule has 9 rings (SSSR count). The third-order valence-corrected chi connectivity index (χ3v) is 11.0. The molecule has 0 saturated heterocycles. The average molecular weight is 665 g/mol. The predicted octanol–water partition coefficient (Wildman–Crippen LogP) is 8.67. The van der Waals surface area contributed by atoms with E-state index in [-0.39, 0.29) is 17.7 Å². The minimum Gasteiger partial charge on any atom is -0.277 e. The lowest BCUT2D eigenvalue weighted by Gasteiger charge is -2.34. The van der Waals surface area contributed by atoms with Crippen LogP contribution in [0.25, 0.3) is 22.3 Å². The summed E-state index contributed by atoms with van der Waals surface area (Å²) >= 11 is 0. The van der Waals surface area contributed by atoms with Gasteiger partial charge in [-0.1, -0.05) is 90.5 Å². The lowest BCUT2D eigenvalue weighted by Crippen LogP contribution is -2.30. The van der Waals surface area contributed by atoms with Crippen LogP contribution in [0.15, 0.2) is 121 Å². The van der Waals surface area contributed by atoms with Crippen LogP contribution in [0.4, 0.5) is 5.69 Å². The molecule has 0 radical (unpaired) electrons. The molecule has 2 heterocycles. The molecule has 0 atom stereocenters. The van der Waals surface area contributed by atoms with Crippen molar-refractivity contribution < 1.29 is 19.2 Å². The molecule has 51 heavy (non-hydrogen) atoms. The van der Waals surface area contributed by atoms with E-state index in [1.165, 1.54) is 39.8 Å². The molecule has 4 amide bonds. The average Bonchev–Trinajstić information content (AvgIpc) is 3.66. The third kappa shape index (κ3) is 4.10. The molecule has 2 aliphatic heterocycles. The molecular weight excluding hydrogens is 633 g/mol. The summed E-state index contributed by atoms with van der Waals surface area (Å²) in [5.74, 6) is -1.47. The van der Waals surface area contributed by atoms with Gasteiger partial charge in [-0.15, -0.1) is 0 Å². The molecule has 6 aromatic carbocycles. The summed E-state index contributed by atoms with van der Waals surface area (Å²) < 4.78 is 0.